The van der Waals surface area contributed by atoms with Crippen LogP contribution in [0, 0.1) is 0 Å². The molecule has 0 unspecified atom stereocenters. The van der Waals surface area contributed by atoms with Crippen molar-refractivity contribution in [3.05, 3.63) is 29.8 Å². The van der Waals surface area contributed by atoms with Gasteiger partial charge in [-0.2, -0.15) is 0 Å². The number of ether oxygens (including phenoxy) is 1. The Bertz CT molecular complexity index is 455. The minimum Gasteiger partial charge on any atom is -0.497 e. The molecule has 0 aliphatic heterocycles. The molecule has 0 radical (unpaired) electrons. The molecule has 0 heterocycles. The summed E-state index contributed by atoms with van der Waals surface area (Å²) >= 11 is 0. The molecule has 96 valence electrons. The van der Waals surface area contributed by atoms with E-state index in [9.17, 15) is 8.42 Å². The predicted octanol–water partition coefficient (Wildman–Crippen LogP) is 1.57. The Kier molecular flexibility index (Phi) is 4.96. The van der Waals surface area contributed by atoms with Crippen LogP contribution in [-0.4, -0.2) is 27.3 Å². The molecular weight excluding hydrogens is 238 g/mol. The third kappa shape index (κ3) is 4.36. The molecule has 0 amide bonds. The lowest BCUT2D eigenvalue weighted by molar-refractivity contribution is 0.414. The summed E-state index contributed by atoms with van der Waals surface area (Å²) in [6, 6.07) is 7.61. The summed E-state index contributed by atoms with van der Waals surface area (Å²) in [5, 5.41) is -0.396. The topological polar surface area (TPSA) is 55.4 Å². The molecule has 0 spiro atoms. The van der Waals surface area contributed by atoms with Crippen molar-refractivity contribution in [3.63, 3.8) is 0 Å². The first-order valence-corrected chi connectivity index (χ1v) is 7.12. The number of benzene rings is 1. The van der Waals surface area contributed by atoms with E-state index in [1.807, 2.05) is 24.3 Å². The van der Waals surface area contributed by atoms with E-state index in [-0.39, 0.29) is 0 Å². The molecule has 17 heavy (non-hydrogen) atoms. The van der Waals surface area contributed by atoms with Gasteiger partial charge in [0.05, 0.1) is 12.4 Å². The fourth-order valence-electron chi connectivity index (χ4n) is 1.33. The largest absolute Gasteiger partial charge is 0.497 e. The summed E-state index contributed by atoms with van der Waals surface area (Å²) in [7, 11) is -1.55. The molecule has 1 rings (SSSR count). The second kappa shape index (κ2) is 6.02. The average molecular weight is 257 g/mol. The van der Waals surface area contributed by atoms with E-state index in [4.69, 9.17) is 4.74 Å². The van der Waals surface area contributed by atoms with Gasteiger partial charge in [0, 0.05) is 6.54 Å². The van der Waals surface area contributed by atoms with Crippen LogP contribution < -0.4 is 9.46 Å². The quantitative estimate of drug-likeness (QED) is 0.841. The average Bonchev–Trinajstić information content (AvgIpc) is 2.29. The van der Waals surface area contributed by atoms with Gasteiger partial charge >= 0.3 is 0 Å². The highest BCUT2D eigenvalue weighted by Gasteiger charge is 2.14. The maximum atomic E-state index is 11.5. The van der Waals surface area contributed by atoms with Crippen LogP contribution in [0.3, 0.4) is 0 Å². The predicted molar refractivity (Wildman–Crippen MR) is 68.8 cm³/mol. The summed E-state index contributed by atoms with van der Waals surface area (Å²) in [4.78, 5) is 0. The Morgan fingerprint density at radius 2 is 2.06 bits per heavy atom. The number of sulfonamides is 1. The van der Waals surface area contributed by atoms with Crippen molar-refractivity contribution < 1.29 is 13.2 Å². The molecule has 0 aliphatic carbocycles. The van der Waals surface area contributed by atoms with Gasteiger partial charge in [0.1, 0.15) is 5.75 Å². The van der Waals surface area contributed by atoms with Crippen molar-refractivity contribution in [2.75, 3.05) is 13.7 Å². The molecule has 1 aromatic rings. The second-order valence-corrected chi connectivity index (χ2v) is 6.41. The van der Waals surface area contributed by atoms with Crippen molar-refractivity contribution in [2.45, 2.75) is 25.5 Å². The minimum absolute atomic E-state index is 0.396. The van der Waals surface area contributed by atoms with Crippen LogP contribution in [0.5, 0.6) is 5.75 Å². The van der Waals surface area contributed by atoms with Crippen LogP contribution in [0.4, 0.5) is 0 Å². The van der Waals surface area contributed by atoms with Gasteiger partial charge in [-0.15, -0.1) is 0 Å². The molecule has 0 aromatic heterocycles. The smallest absolute Gasteiger partial charge is 0.213 e. The Morgan fingerprint density at radius 3 is 2.65 bits per heavy atom. The van der Waals surface area contributed by atoms with E-state index >= 15 is 0 Å². The summed E-state index contributed by atoms with van der Waals surface area (Å²) in [6.45, 7) is 3.73. The fraction of sp³-hybridized carbons (Fsp3) is 0.500. The zero-order chi connectivity index (χ0) is 12.9. The van der Waals surface area contributed by atoms with E-state index in [0.717, 1.165) is 11.3 Å². The first-order valence-electron chi connectivity index (χ1n) is 5.57. The SMILES string of the molecule is COc1cccc(CCNS(=O)(=O)C(C)C)c1. The van der Waals surface area contributed by atoms with E-state index in [1.165, 1.54) is 0 Å². The monoisotopic (exact) mass is 257 g/mol. The first kappa shape index (κ1) is 14.0. The van der Waals surface area contributed by atoms with Crippen molar-refractivity contribution in [2.24, 2.45) is 0 Å². The zero-order valence-corrected chi connectivity index (χ0v) is 11.3. The second-order valence-electron chi connectivity index (χ2n) is 4.09. The van der Waals surface area contributed by atoms with E-state index in [1.54, 1.807) is 21.0 Å². The number of hydrogen-bond donors (Lipinski definition) is 1. The maximum Gasteiger partial charge on any atom is 0.213 e. The summed E-state index contributed by atoms with van der Waals surface area (Å²) in [6.07, 6.45) is 0.656. The van der Waals surface area contributed by atoms with Gasteiger partial charge in [-0.1, -0.05) is 12.1 Å². The Morgan fingerprint density at radius 1 is 1.35 bits per heavy atom. The molecule has 4 nitrogen and oxygen atoms in total. The molecule has 0 aliphatic rings. The number of methoxy groups -OCH3 is 1. The Hall–Kier alpha value is -1.07. The van der Waals surface area contributed by atoms with Gasteiger partial charge in [-0.25, -0.2) is 13.1 Å². The molecule has 0 saturated carbocycles. The van der Waals surface area contributed by atoms with E-state index < -0.39 is 15.3 Å². The summed E-state index contributed by atoms with van der Waals surface area (Å²) in [5.41, 5.74) is 1.05. The van der Waals surface area contributed by atoms with E-state index in [2.05, 4.69) is 4.72 Å². The third-order valence-electron chi connectivity index (χ3n) is 2.47. The molecule has 0 saturated heterocycles. The lowest BCUT2D eigenvalue weighted by Gasteiger charge is -2.09. The first-order chi connectivity index (χ1) is 7.95. The number of rotatable bonds is 6. The van der Waals surface area contributed by atoms with Crippen molar-refractivity contribution in [3.8, 4) is 5.75 Å². The number of nitrogens with one attached hydrogen (secondary N) is 1. The summed E-state index contributed by atoms with van der Waals surface area (Å²) in [5.74, 6) is 0.786. The Labute approximate surface area is 103 Å². The van der Waals surface area contributed by atoms with Crippen molar-refractivity contribution >= 4 is 10.0 Å². The van der Waals surface area contributed by atoms with Gasteiger partial charge in [-0.05, 0) is 38.0 Å². The van der Waals surface area contributed by atoms with E-state index in [0.29, 0.717) is 13.0 Å². The third-order valence-corrected chi connectivity index (χ3v) is 4.32. The van der Waals surface area contributed by atoms with Crippen LogP contribution in [0.2, 0.25) is 0 Å². The van der Waals surface area contributed by atoms with Gasteiger partial charge < -0.3 is 4.74 Å². The lowest BCUT2D eigenvalue weighted by atomic mass is 10.1. The minimum atomic E-state index is -3.17. The molecule has 0 bridgehead atoms. The molecular formula is C12H19NO3S. The Balaban J connectivity index is 2.51. The van der Waals surface area contributed by atoms with Gasteiger partial charge in [0.2, 0.25) is 10.0 Å². The van der Waals surface area contributed by atoms with Crippen LogP contribution in [0.1, 0.15) is 19.4 Å². The highest BCUT2D eigenvalue weighted by atomic mass is 32.2. The molecule has 0 fully saturated rings. The standard InChI is InChI=1S/C12H19NO3S/c1-10(2)17(14,15)13-8-7-11-5-4-6-12(9-11)16-3/h4-6,9-10,13H,7-8H2,1-3H3. The van der Waals surface area contributed by atoms with Crippen LogP contribution >= 0.6 is 0 Å². The molecule has 1 aromatic carbocycles. The fourth-order valence-corrected chi connectivity index (χ4v) is 2.05. The number of hydrogen-bond acceptors (Lipinski definition) is 3. The lowest BCUT2D eigenvalue weighted by Crippen LogP contribution is -2.32. The normalized spacial score (nSPS) is 11.8. The molecule has 5 heteroatoms. The van der Waals surface area contributed by atoms with Gasteiger partial charge in [0.25, 0.3) is 0 Å². The molecule has 0 atom stereocenters. The maximum absolute atomic E-state index is 11.5. The van der Waals surface area contributed by atoms with Crippen molar-refractivity contribution in [1.82, 2.24) is 4.72 Å². The van der Waals surface area contributed by atoms with Crippen LogP contribution in [0.25, 0.3) is 0 Å². The van der Waals surface area contributed by atoms with Gasteiger partial charge in [-0.3, -0.25) is 0 Å². The molecule has 1 N–H and O–H groups in total. The van der Waals surface area contributed by atoms with Crippen LogP contribution in [0.15, 0.2) is 24.3 Å². The summed E-state index contributed by atoms with van der Waals surface area (Å²) < 4.78 is 30.7. The highest BCUT2D eigenvalue weighted by molar-refractivity contribution is 7.90. The van der Waals surface area contributed by atoms with Crippen molar-refractivity contribution in [1.29, 1.82) is 0 Å². The highest BCUT2D eigenvalue weighted by Crippen LogP contribution is 2.12. The van der Waals surface area contributed by atoms with Gasteiger partial charge in [0.15, 0.2) is 0 Å². The zero-order valence-electron chi connectivity index (χ0n) is 10.4. The van der Waals surface area contributed by atoms with Crippen LogP contribution in [-0.2, 0) is 16.4 Å².